The van der Waals surface area contributed by atoms with E-state index in [9.17, 15) is 0 Å². The van der Waals surface area contributed by atoms with E-state index in [1.54, 1.807) is 0 Å². The van der Waals surface area contributed by atoms with E-state index in [0.717, 1.165) is 5.92 Å². The van der Waals surface area contributed by atoms with Crippen molar-refractivity contribution in [1.82, 2.24) is 0 Å². The third-order valence-corrected chi connectivity index (χ3v) is 2.99. The van der Waals surface area contributed by atoms with Gasteiger partial charge < -0.3 is 0 Å². The van der Waals surface area contributed by atoms with Crippen molar-refractivity contribution in [2.75, 3.05) is 0 Å². The first kappa shape index (κ1) is 6.22. The van der Waals surface area contributed by atoms with Gasteiger partial charge in [-0.1, -0.05) is 19.3 Å². The molecular weight excluding hydrogens is 122 g/mol. The van der Waals surface area contributed by atoms with Crippen LogP contribution in [-0.2, 0) is 0 Å². The maximum Gasteiger partial charge on any atom is 0.0689 e. The third kappa shape index (κ3) is 0.923. The Hall–Kier alpha value is -0.510. The Balaban J connectivity index is 1.84. The van der Waals surface area contributed by atoms with Crippen LogP contribution in [0.15, 0.2) is 0 Å². The third-order valence-electron chi connectivity index (χ3n) is 2.99. The van der Waals surface area contributed by atoms with Gasteiger partial charge in [0.2, 0.25) is 0 Å². The van der Waals surface area contributed by atoms with Gasteiger partial charge in [-0.2, -0.15) is 5.26 Å². The molecule has 0 amide bonds. The molecule has 0 aromatic heterocycles. The largest absolute Gasteiger partial charge is 0.198 e. The summed E-state index contributed by atoms with van der Waals surface area (Å²) < 4.78 is 0. The van der Waals surface area contributed by atoms with Crippen molar-refractivity contribution in [3.05, 3.63) is 0 Å². The molecule has 0 N–H and O–H groups in total. The second-order valence-corrected chi connectivity index (χ2v) is 3.89. The quantitative estimate of drug-likeness (QED) is 0.570. The van der Waals surface area contributed by atoms with Gasteiger partial charge >= 0.3 is 0 Å². The Morgan fingerprint density at radius 1 is 1.40 bits per heavy atom. The molecule has 0 aromatic carbocycles. The van der Waals surface area contributed by atoms with E-state index in [2.05, 4.69) is 6.07 Å². The van der Waals surface area contributed by atoms with Gasteiger partial charge in [0.15, 0.2) is 0 Å². The molecule has 0 aromatic rings. The Morgan fingerprint density at radius 2 is 2.10 bits per heavy atom. The van der Waals surface area contributed by atoms with Crippen LogP contribution < -0.4 is 0 Å². The van der Waals surface area contributed by atoms with Crippen molar-refractivity contribution < 1.29 is 0 Å². The molecule has 2 saturated carbocycles. The number of hydrogen-bond donors (Lipinski definition) is 0. The fourth-order valence-corrected chi connectivity index (χ4v) is 1.76. The van der Waals surface area contributed by atoms with Crippen LogP contribution >= 0.6 is 0 Å². The average molecular weight is 135 g/mol. The molecule has 0 bridgehead atoms. The van der Waals surface area contributed by atoms with Crippen molar-refractivity contribution in [2.24, 2.45) is 11.3 Å². The summed E-state index contributed by atoms with van der Waals surface area (Å²) in [6, 6.07) is 2.45. The van der Waals surface area contributed by atoms with Gasteiger partial charge in [0.1, 0.15) is 0 Å². The van der Waals surface area contributed by atoms with Crippen molar-refractivity contribution in [3.63, 3.8) is 0 Å². The summed E-state index contributed by atoms with van der Waals surface area (Å²) in [4.78, 5) is 0. The van der Waals surface area contributed by atoms with E-state index in [1.165, 1.54) is 38.5 Å². The van der Waals surface area contributed by atoms with Gasteiger partial charge in [-0.05, 0) is 25.2 Å². The molecule has 54 valence electrons. The van der Waals surface area contributed by atoms with Crippen LogP contribution in [0.5, 0.6) is 0 Å². The molecule has 2 fully saturated rings. The van der Waals surface area contributed by atoms with E-state index < -0.39 is 0 Å². The molecule has 0 unspecified atom stereocenters. The highest BCUT2D eigenvalue weighted by molar-refractivity contribution is 5.10. The summed E-state index contributed by atoms with van der Waals surface area (Å²) in [5, 5.41) is 8.78. The van der Waals surface area contributed by atoms with Crippen molar-refractivity contribution >= 4 is 0 Å². The van der Waals surface area contributed by atoms with Crippen LogP contribution in [0.2, 0.25) is 0 Å². The molecule has 2 rings (SSSR count). The minimum Gasteiger partial charge on any atom is -0.198 e. The lowest BCUT2D eigenvalue weighted by Gasteiger charge is -2.26. The highest BCUT2D eigenvalue weighted by Crippen LogP contribution is 2.52. The van der Waals surface area contributed by atoms with Crippen LogP contribution in [0.3, 0.4) is 0 Å². The monoisotopic (exact) mass is 135 g/mol. The zero-order valence-corrected chi connectivity index (χ0v) is 6.27. The van der Waals surface area contributed by atoms with E-state index >= 15 is 0 Å². The zero-order chi connectivity index (χ0) is 7.03. The van der Waals surface area contributed by atoms with E-state index in [-0.39, 0.29) is 5.41 Å². The highest BCUT2D eigenvalue weighted by atomic mass is 14.5. The van der Waals surface area contributed by atoms with Gasteiger partial charge in [-0.3, -0.25) is 0 Å². The molecule has 0 heterocycles. The van der Waals surface area contributed by atoms with Gasteiger partial charge in [-0.15, -0.1) is 0 Å². The first-order valence-electron chi connectivity index (χ1n) is 4.26. The molecule has 0 spiro atoms. The topological polar surface area (TPSA) is 23.8 Å². The molecule has 2 aliphatic rings. The summed E-state index contributed by atoms with van der Waals surface area (Å²) in [7, 11) is 0. The molecule has 10 heavy (non-hydrogen) atoms. The van der Waals surface area contributed by atoms with Crippen LogP contribution in [0, 0.1) is 22.7 Å². The molecule has 1 heteroatoms. The normalized spacial score (nSPS) is 28.7. The summed E-state index contributed by atoms with van der Waals surface area (Å²) in [5.41, 5.74) is 0.172. The molecule has 1 nitrogen and oxygen atoms in total. The molecule has 2 aliphatic carbocycles. The zero-order valence-electron chi connectivity index (χ0n) is 6.27. The summed E-state index contributed by atoms with van der Waals surface area (Å²) in [6.07, 6.45) is 7.77. The second-order valence-electron chi connectivity index (χ2n) is 3.89. The van der Waals surface area contributed by atoms with Crippen molar-refractivity contribution in [1.29, 1.82) is 5.26 Å². The first-order chi connectivity index (χ1) is 4.85. The van der Waals surface area contributed by atoms with Crippen LogP contribution in [0.4, 0.5) is 0 Å². The van der Waals surface area contributed by atoms with E-state index in [0.29, 0.717) is 0 Å². The van der Waals surface area contributed by atoms with Crippen LogP contribution in [0.1, 0.15) is 38.5 Å². The van der Waals surface area contributed by atoms with E-state index in [1.807, 2.05) is 0 Å². The van der Waals surface area contributed by atoms with Gasteiger partial charge in [-0.25, -0.2) is 0 Å². The predicted octanol–water partition coefficient (Wildman–Crippen LogP) is 2.48. The average Bonchev–Trinajstić information content (AvgIpc) is 2.60. The molecule has 0 atom stereocenters. The minimum absolute atomic E-state index is 0.172. The molecule has 0 radical (unpaired) electrons. The predicted molar refractivity (Wildman–Crippen MR) is 39.2 cm³/mol. The van der Waals surface area contributed by atoms with Crippen LogP contribution in [0.25, 0.3) is 0 Å². The van der Waals surface area contributed by atoms with E-state index in [4.69, 9.17) is 5.26 Å². The Kier molecular flexibility index (Phi) is 1.23. The fraction of sp³-hybridized carbons (Fsp3) is 0.889. The Bertz CT molecular complexity index is 170. The lowest BCUT2D eigenvalue weighted by Crippen LogP contribution is -2.15. The summed E-state index contributed by atoms with van der Waals surface area (Å²) >= 11 is 0. The summed E-state index contributed by atoms with van der Waals surface area (Å²) in [6.45, 7) is 0. The maximum atomic E-state index is 8.78. The van der Waals surface area contributed by atoms with Crippen LogP contribution in [-0.4, -0.2) is 0 Å². The lowest BCUT2D eigenvalue weighted by molar-refractivity contribution is 0.262. The minimum atomic E-state index is 0.172. The fourth-order valence-electron chi connectivity index (χ4n) is 1.76. The Labute approximate surface area is 62.0 Å². The Morgan fingerprint density at radius 3 is 2.40 bits per heavy atom. The standard InChI is InChI=1S/C9H13N/c10-7-9(4-5-9)6-8-2-1-3-8/h8H,1-6H2. The van der Waals surface area contributed by atoms with Gasteiger partial charge in [0.05, 0.1) is 11.5 Å². The van der Waals surface area contributed by atoms with Crippen molar-refractivity contribution in [2.45, 2.75) is 38.5 Å². The maximum absolute atomic E-state index is 8.78. The lowest BCUT2D eigenvalue weighted by atomic mass is 9.78. The van der Waals surface area contributed by atoms with Gasteiger partial charge in [0.25, 0.3) is 0 Å². The smallest absolute Gasteiger partial charge is 0.0689 e. The number of nitrogens with zero attached hydrogens (tertiary/aromatic N) is 1. The van der Waals surface area contributed by atoms with Crippen molar-refractivity contribution in [3.8, 4) is 6.07 Å². The number of hydrogen-bond acceptors (Lipinski definition) is 1. The molecular formula is C9H13N. The SMILES string of the molecule is N#CC1(CC2CCC2)CC1. The highest BCUT2D eigenvalue weighted by Gasteiger charge is 2.45. The molecule has 0 saturated heterocycles. The number of nitriles is 1. The summed E-state index contributed by atoms with van der Waals surface area (Å²) in [5.74, 6) is 0.919. The van der Waals surface area contributed by atoms with Gasteiger partial charge in [0, 0.05) is 0 Å². The first-order valence-corrected chi connectivity index (χ1v) is 4.26. The number of rotatable bonds is 2. The second kappa shape index (κ2) is 1.99. The molecule has 0 aliphatic heterocycles.